The number of nitrogens with one attached hydrogen (secondary N) is 1. The van der Waals surface area contributed by atoms with Crippen molar-refractivity contribution in [3.05, 3.63) is 27.3 Å². The van der Waals surface area contributed by atoms with Gasteiger partial charge in [0.25, 0.3) is 0 Å². The van der Waals surface area contributed by atoms with Crippen molar-refractivity contribution >= 4 is 28.3 Å². The molecule has 0 aliphatic rings. The first-order valence-electron chi connectivity index (χ1n) is 5.67. The molecule has 84 valence electrons. The van der Waals surface area contributed by atoms with Gasteiger partial charge < -0.3 is 5.32 Å². The van der Waals surface area contributed by atoms with Crippen LogP contribution in [-0.2, 0) is 0 Å². The predicted molar refractivity (Wildman–Crippen MR) is 76.5 cm³/mol. The lowest BCUT2D eigenvalue weighted by Crippen LogP contribution is -2.12. The molecule has 1 aromatic rings. The topological polar surface area (TPSA) is 12.0 Å². The van der Waals surface area contributed by atoms with Gasteiger partial charge >= 0.3 is 0 Å². The molecule has 0 atom stereocenters. The highest BCUT2D eigenvalue weighted by Gasteiger charge is 2.03. The van der Waals surface area contributed by atoms with Gasteiger partial charge in [0.15, 0.2) is 0 Å². The van der Waals surface area contributed by atoms with Crippen LogP contribution >= 0.6 is 22.6 Å². The van der Waals surface area contributed by atoms with Gasteiger partial charge in [0.2, 0.25) is 0 Å². The van der Waals surface area contributed by atoms with Crippen LogP contribution in [0.3, 0.4) is 0 Å². The SMILES string of the molecule is CCC(CC)CNc1ccc(C)c(I)c1. The quantitative estimate of drug-likeness (QED) is 0.791. The van der Waals surface area contributed by atoms with Crippen LogP contribution in [0.25, 0.3) is 0 Å². The lowest BCUT2D eigenvalue weighted by molar-refractivity contribution is 0.519. The molecule has 1 aromatic carbocycles. The Labute approximate surface area is 107 Å². The Kier molecular flexibility index (Phi) is 5.43. The Morgan fingerprint density at radius 3 is 2.47 bits per heavy atom. The van der Waals surface area contributed by atoms with E-state index in [0.29, 0.717) is 0 Å². The maximum Gasteiger partial charge on any atom is 0.0351 e. The molecule has 2 heteroatoms. The van der Waals surface area contributed by atoms with Gasteiger partial charge in [-0.1, -0.05) is 32.8 Å². The van der Waals surface area contributed by atoms with Crippen LogP contribution in [0.5, 0.6) is 0 Å². The zero-order valence-electron chi connectivity index (χ0n) is 9.81. The molecule has 0 bridgehead atoms. The fourth-order valence-electron chi connectivity index (χ4n) is 1.54. The van der Waals surface area contributed by atoms with Gasteiger partial charge in [-0.25, -0.2) is 0 Å². The van der Waals surface area contributed by atoms with Crippen molar-refractivity contribution < 1.29 is 0 Å². The summed E-state index contributed by atoms with van der Waals surface area (Å²) in [5, 5.41) is 3.51. The second kappa shape index (κ2) is 6.36. The number of rotatable bonds is 5. The Morgan fingerprint density at radius 1 is 1.27 bits per heavy atom. The van der Waals surface area contributed by atoms with Crippen LogP contribution in [0.1, 0.15) is 32.3 Å². The predicted octanol–water partition coefficient (Wildman–Crippen LogP) is 4.45. The molecule has 0 aliphatic carbocycles. The first-order chi connectivity index (χ1) is 7.17. The van der Waals surface area contributed by atoms with Crippen LogP contribution in [0, 0.1) is 16.4 Å². The van der Waals surface area contributed by atoms with Gasteiger partial charge in [-0.05, 0) is 53.1 Å². The summed E-state index contributed by atoms with van der Waals surface area (Å²) in [6.07, 6.45) is 2.51. The third-order valence-electron chi connectivity index (χ3n) is 2.92. The van der Waals surface area contributed by atoms with Gasteiger partial charge in [-0.3, -0.25) is 0 Å². The molecule has 0 unspecified atom stereocenters. The van der Waals surface area contributed by atoms with E-state index < -0.39 is 0 Å². The lowest BCUT2D eigenvalue weighted by atomic mass is 10.0. The zero-order chi connectivity index (χ0) is 11.3. The molecule has 0 saturated carbocycles. The number of benzene rings is 1. The summed E-state index contributed by atoms with van der Waals surface area (Å²) < 4.78 is 1.34. The molecule has 1 rings (SSSR count). The number of aryl methyl sites for hydroxylation is 1. The molecule has 0 saturated heterocycles. The summed E-state index contributed by atoms with van der Waals surface area (Å²) in [6.45, 7) is 7.75. The zero-order valence-corrected chi connectivity index (χ0v) is 12.0. The number of hydrogen-bond donors (Lipinski definition) is 1. The van der Waals surface area contributed by atoms with Crippen molar-refractivity contribution in [1.82, 2.24) is 0 Å². The van der Waals surface area contributed by atoms with Gasteiger partial charge in [0.1, 0.15) is 0 Å². The normalized spacial score (nSPS) is 10.7. The minimum atomic E-state index is 0.795. The van der Waals surface area contributed by atoms with E-state index in [9.17, 15) is 0 Å². The van der Waals surface area contributed by atoms with Gasteiger partial charge in [0, 0.05) is 15.8 Å². The molecule has 1 nitrogen and oxygen atoms in total. The average molecular weight is 317 g/mol. The summed E-state index contributed by atoms with van der Waals surface area (Å²) in [6, 6.07) is 6.56. The van der Waals surface area contributed by atoms with Crippen molar-refractivity contribution in [3.8, 4) is 0 Å². The molecule has 0 fully saturated rings. The molecule has 0 spiro atoms. The lowest BCUT2D eigenvalue weighted by Gasteiger charge is -2.14. The second-order valence-electron chi connectivity index (χ2n) is 4.03. The van der Waals surface area contributed by atoms with Crippen molar-refractivity contribution in [2.75, 3.05) is 11.9 Å². The molecule has 0 radical (unpaired) electrons. The third-order valence-corrected chi connectivity index (χ3v) is 4.08. The number of anilines is 1. The van der Waals surface area contributed by atoms with Crippen LogP contribution < -0.4 is 5.32 Å². The highest BCUT2D eigenvalue weighted by atomic mass is 127. The van der Waals surface area contributed by atoms with Crippen molar-refractivity contribution in [2.24, 2.45) is 5.92 Å². The van der Waals surface area contributed by atoms with E-state index in [4.69, 9.17) is 0 Å². The molecular formula is C13H20IN. The molecule has 0 aromatic heterocycles. The Hall–Kier alpha value is -0.250. The van der Waals surface area contributed by atoms with E-state index in [1.807, 2.05) is 0 Å². The summed E-state index contributed by atoms with van der Waals surface area (Å²) in [7, 11) is 0. The molecule has 15 heavy (non-hydrogen) atoms. The third kappa shape index (κ3) is 4.01. The fraction of sp³-hybridized carbons (Fsp3) is 0.538. The number of halogens is 1. The highest BCUT2D eigenvalue weighted by molar-refractivity contribution is 14.1. The average Bonchev–Trinajstić information content (AvgIpc) is 2.24. The van der Waals surface area contributed by atoms with E-state index in [-0.39, 0.29) is 0 Å². The van der Waals surface area contributed by atoms with E-state index in [1.165, 1.54) is 27.7 Å². The summed E-state index contributed by atoms with van der Waals surface area (Å²) in [4.78, 5) is 0. The van der Waals surface area contributed by atoms with Gasteiger partial charge in [-0.2, -0.15) is 0 Å². The van der Waals surface area contributed by atoms with E-state index in [0.717, 1.165) is 12.5 Å². The smallest absolute Gasteiger partial charge is 0.0351 e. The van der Waals surface area contributed by atoms with E-state index in [1.54, 1.807) is 0 Å². The molecular weight excluding hydrogens is 297 g/mol. The van der Waals surface area contributed by atoms with Gasteiger partial charge in [-0.15, -0.1) is 0 Å². The monoisotopic (exact) mass is 317 g/mol. The fourth-order valence-corrected chi connectivity index (χ4v) is 2.06. The summed E-state index contributed by atoms with van der Waals surface area (Å²) >= 11 is 2.39. The summed E-state index contributed by atoms with van der Waals surface area (Å²) in [5.74, 6) is 0.795. The Bertz CT molecular complexity index is 305. The maximum absolute atomic E-state index is 3.51. The van der Waals surface area contributed by atoms with Crippen LogP contribution in [0.2, 0.25) is 0 Å². The van der Waals surface area contributed by atoms with Crippen LogP contribution in [-0.4, -0.2) is 6.54 Å². The molecule has 0 aliphatic heterocycles. The standard InChI is InChI=1S/C13H20IN/c1-4-11(5-2)9-15-12-7-6-10(3)13(14)8-12/h6-8,11,15H,4-5,9H2,1-3H3. The molecule has 0 heterocycles. The minimum absolute atomic E-state index is 0.795. The maximum atomic E-state index is 3.51. The van der Waals surface area contributed by atoms with E-state index in [2.05, 4.69) is 66.9 Å². The van der Waals surface area contributed by atoms with E-state index >= 15 is 0 Å². The Balaban J connectivity index is 2.54. The first-order valence-corrected chi connectivity index (χ1v) is 6.75. The minimum Gasteiger partial charge on any atom is -0.385 e. The van der Waals surface area contributed by atoms with Gasteiger partial charge in [0.05, 0.1) is 0 Å². The van der Waals surface area contributed by atoms with Crippen molar-refractivity contribution in [1.29, 1.82) is 0 Å². The molecule has 1 N–H and O–H groups in total. The Morgan fingerprint density at radius 2 is 1.93 bits per heavy atom. The first kappa shape index (κ1) is 12.8. The van der Waals surface area contributed by atoms with Crippen molar-refractivity contribution in [2.45, 2.75) is 33.6 Å². The highest BCUT2D eigenvalue weighted by Crippen LogP contribution is 2.18. The largest absolute Gasteiger partial charge is 0.385 e. The molecule has 0 amide bonds. The van der Waals surface area contributed by atoms with Crippen molar-refractivity contribution in [3.63, 3.8) is 0 Å². The summed E-state index contributed by atoms with van der Waals surface area (Å²) in [5.41, 5.74) is 2.60. The number of hydrogen-bond acceptors (Lipinski definition) is 1. The van der Waals surface area contributed by atoms with Crippen LogP contribution in [0.15, 0.2) is 18.2 Å². The van der Waals surface area contributed by atoms with Crippen LogP contribution in [0.4, 0.5) is 5.69 Å². The second-order valence-corrected chi connectivity index (χ2v) is 5.19.